The van der Waals surface area contributed by atoms with Crippen molar-refractivity contribution in [3.63, 3.8) is 0 Å². The van der Waals surface area contributed by atoms with Crippen LogP contribution in [0.1, 0.15) is 11.1 Å². The van der Waals surface area contributed by atoms with Crippen molar-refractivity contribution >= 4 is 31.5 Å². The van der Waals surface area contributed by atoms with Crippen LogP contribution in [-0.4, -0.2) is 15.0 Å². The SMILES string of the molecule is Cc1cc(-c2[c-]cccc2)ncc1-c1ccccc1.Cc1ccnc(-c2[c-]cccc2)c1.[Ir].[Ir].[c-]1cc2sc3ccccc3c2cc1-c1ccccn1. The Kier molecular flexibility index (Phi) is 14.3. The van der Waals surface area contributed by atoms with Crippen molar-refractivity contribution in [2.45, 2.75) is 13.8 Å². The van der Waals surface area contributed by atoms with Gasteiger partial charge in [0.05, 0.1) is 0 Å². The van der Waals surface area contributed by atoms with E-state index in [1.807, 2.05) is 121 Å². The summed E-state index contributed by atoms with van der Waals surface area (Å²) in [4.78, 5) is 13.2. The van der Waals surface area contributed by atoms with Gasteiger partial charge in [0, 0.05) is 69.1 Å². The molecule has 53 heavy (non-hydrogen) atoms. The summed E-state index contributed by atoms with van der Waals surface area (Å²) in [5, 5.41) is 2.61. The number of rotatable bonds is 4. The van der Waals surface area contributed by atoms with Crippen LogP contribution in [-0.2, 0) is 40.2 Å². The average Bonchev–Trinajstić information content (AvgIpc) is 3.58. The van der Waals surface area contributed by atoms with Gasteiger partial charge in [0.2, 0.25) is 0 Å². The van der Waals surface area contributed by atoms with Crippen molar-refractivity contribution in [3.05, 3.63) is 200 Å². The van der Waals surface area contributed by atoms with E-state index in [1.165, 1.54) is 42.4 Å². The molecule has 0 fully saturated rings. The number of benzene rings is 5. The molecule has 0 saturated carbocycles. The van der Waals surface area contributed by atoms with E-state index in [9.17, 15) is 0 Å². The molecular formula is C47H34Ir2N3S-3. The normalized spacial score (nSPS) is 10.2. The van der Waals surface area contributed by atoms with E-state index in [-0.39, 0.29) is 40.2 Å². The van der Waals surface area contributed by atoms with Crippen molar-refractivity contribution < 1.29 is 40.2 Å². The molecule has 264 valence electrons. The number of fused-ring (bicyclic) bond motifs is 3. The van der Waals surface area contributed by atoms with Crippen LogP contribution in [0.5, 0.6) is 0 Å². The number of aryl methyl sites for hydroxylation is 2. The van der Waals surface area contributed by atoms with E-state index in [1.54, 1.807) is 0 Å². The number of thiophene rings is 1. The minimum absolute atomic E-state index is 0. The zero-order valence-corrected chi connectivity index (χ0v) is 34.7. The van der Waals surface area contributed by atoms with Crippen LogP contribution in [0, 0.1) is 32.0 Å². The molecule has 2 radical (unpaired) electrons. The molecule has 5 aromatic carbocycles. The number of nitrogens with zero attached hydrogens (tertiary/aromatic N) is 3. The van der Waals surface area contributed by atoms with Crippen LogP contribution in [0.4, 0.5) is 0 Å². The average molecular weight is 1060 g/mol. The molecule has 6 heteroatoms. The van der Waals surface area contributed by atoms with Crippen molar-refractivity contribution in [1.29, 1.82) is 0 Å². The minimum Gasteiger partial charge on any atom is -0.305 e. The second-order valence-corrected chi connectivity index (χ2v) is 13.0. The van der Waals surface area contributed by atoms with Crippen LogP contribution in [0.3, 0.4) is 0 Å². The zero-order chi connectivity index (χ0) is 34.8. The predicted molar refractivity (Wildman–Crippen MR) is 213 cm³/mol. The van der Waals surface area contributed by atoms with Gasteiger partial charge in [-0.05, 0) is 70.3 Å². The number of hydrogen-bond acceptors (Lipinski definition) is 4. The summed E-state index contributed by atoms with van der Waals surface area (Å²) < 4.78 is 2.60. The second kappa shape index (κ2) is 19.2. The molecule has 0 saturated heterocycles. The Labute approximate surface area is 342 Å². The van der Waals surface area contributed by atoms with Gasteiger partial charge in [0.1, 0.15) is 0 Å². The third-order valence-electron chi connectivity index (χ3n) is 8.33. The molecule has 0 unspecified atom stereocenters. The van der Waals surface area contributed by atoms with Gasteiger partial charge in [-0.25, -0.2) is 0 Å². The summed E-state index contributed by atoms with van der Waals surface area (Å²) in [5.74, 6) is 0. The molecule has 9 rings (SSSR count). The molecule has 0 atom stereocenters. The maximum Gasteiger partial charge on any atom is 0.0242 e. The Hall–Kier alpha value is -4.93. The van der Waals surface area contributed by atoms with Gasteiger partial charge in [-0.2, -0.15) is 11.3 Å². The smallest absolute Gasteiger partial charge is 0.0242 e. The Balaban J connectivity index is 0.000000153. The van der Waals surface area contributed by atoms with E-state index in [0.717, 1.165) is 33.8 Å². The van der Waals surface area contributed by atoms with Crippen LogP contribution in [0.15, 0.2) is 170 Å². The molecule has 3 nitrogen and oxygen atoms in total. The fraction of sp³-hybridized carbons (Fsp3) is 0.0426. The van der Waals surface area contributed by atoms with E-state index >= 15 is 0 Å². The fourth-order valence-electron chi connectivity index (χ4n) is 5.75. The maximum atomic E-state index is 4.55. The fourth-order valence-corrected chi connectivity index (χ4v) is 6.82. The van der Waals surface area contributed by atoms with Crippen LogP contribution in [0.2, 0.25) is 0 Å². The molecular weight excluding hydrogens is 1020 g/mol. The summed E-state index contributed by atoms with van der Waals surface area (Å²) in [6.45, 7) is 4.19. The van der Waals surface area contributed by atoms with Gasteiger partial charge < -0.3 is 15.0 Å². The third-order valence-corrected chi connectivity index (χ3v) is 9.47. The largest absolute Gasteiger partial charge is 0.305 e. The quantitative estimate of drug-likeness (QED) is 0.165. The summed E-state index contributed by atoms with van der Waals surface area (Å²) in [5.41, 5.74) is 10.9. The zero-order valence-electron chi connectivity index (χ0n) is 29.1. The molecule has 0 aliphatic rings. The summed E-state index contributed by atoms with van der Waals surface area (Å²) in [6.07, 6.45) is 5.59. The van der Waals surface area contributed by atoms with Crippen molar-refractivity contribution in [1.82, 2.24) is 15.0 Å². The number of hydrogen-bond donors (Lipinski definition) is 0. The van der Waals surface area contributed by atoms with Crippen molar-refractivity contribution in [2.75, 3.05) is 0 Å². The predicted octanol–water partition coefficient (Wildman–Crippen LogP) is 12.3. The molecule has 9 aromatic rings. The van der Waals surface area contributed by atoms with Gasteiger partial charge >= 0.3 is 0 Å². The Morgan fingerprint density at radius 2 is 1.15 bits per heavy atom. The molecule has 0 aliphatic heterocycles. The molecule has 0 spiro atoms. The third kappa shape index (κ3) is 9.94. The first-order valence-electron chi connectivity index (χ1n) is 16.8. The molecule has 0 aliphatic carbocycles. The summed E-state index contributed by atoms with van der Waals surface area (Å²) in [6, 6.07) is 60.7. The Morgan fingerprint density at radius 3 is 1.81 bits per heavy atom. The summed E-state index contributed by atoms with van der Waals surface area (Å²) in [7, 11) is 0. The monoisotopic (exact) mass is 1060 g/mol. The van der Waals surface area contributed by atoms with Crippen LogP contribution >= 0.6 is 11.3 Å². The Bertz CT molecular complexity index is 2490. The first-order chi connectivity index (χ1) is 25.1. The maximum absolute atomic E-state index is 4.55. The molecule has 0 N–H and O–H groups in total. The molecule has 4 heterocycles. The second-order valence-electron chi connectivity index (χ2n) is 12.0. The molecule has 0 bridgehead atoms. The first-order valence-corrected chi connectivity index (χ1v) is 17.6. The van der Waals surface area contributed by atoms with Crippen molar-refractivity contribution in [2.24, 2.45) is 0 Å². The molecule has 0 amide bonds. The molecule has 4 aromatic heterocycles. The van der Waals surface area contributed by atoms with Gasteiger partial charge in [0.25, 0.3) is 0 Å². The topological polar surface area (TPSA) is 38.7 Å². The minimum atomic E-state index is 0. The van der Waals surface area contributed by atoms with Gasteiger partial charge in [-0.15, -0.1) is 95.6 Å². The van der Waals surface area contributed by atoms with Gasteiger partial charge in [-0.3, -0.25) is 0 Å². The number of aromatic nitrogens is 3. The number of pyridine rings is 3. The van der Waals surface area contributed by atoms with Crippen molar-refractivity contribution in [3.8, 4) is 44.9 Å². The first kappa shape index (κ1) is 39.3. The summed E-state index contributed by atoms with van der Waals surface area (Å²) >= 11 is 1.81. The van der Waals surface area contributed by atoms with Gasteiger partial charge in [0.15, 0.2) is 0 Å². The van der Waals surface area contributed by atoms with E-state index in [2.05, 4.69) is 108 Å². The van der Waals surface area contributed by atoms with Gasteiger partial charge in [-0.1, -0.05) is 83.7 Å². The van der Waals surface area contributed by atoms with Crippen LogP contribution in [0.25, 0.3) is 65.1 Å². The van der Waals surface area contributed by atoms with Crippen LogP contribution < -0.4 is 0 Å². The Morgan fingerprint density at radius 1 is 0.491 bits per heavy atom. The van der Waals surface area contributed by atoms with E-state index in [0.29, 0.717) is 0 Å². The van der Waals surface area contributed by atoms with E-state index in [4.69, 9.17) is 0 Å². The van der Waals surface area contributed by atoms with E-state index < -0.39 is 0 Å². The standard InChI is InChI=1S/C18H14N.C17H10NS.C12H10N.2Ir/c1-14-12-18(16-10-6-3-7-11-16)19-13-17(14)15-8-4-2-5-9-15;1-2-7-16-13(5-1)14-11-12(8-9-17(14)19-16)15-6-3-4-10-18-15;1-10-7-8-13-12(9-10)11-5-3-2-4-6-11;;/h2-10,12-13H,1H3;1-7,9-11H;2-5,7-9H,1H3;;/q3*-1;;.